The van der Waals surface area contributed by atoms with E-state index in [0.29, 0.717) is 6.04 Å². The van der Waals surface area contributed by atoms with Crippen LogP contribution in [0.1, 0.15) is 31.9 Å². The number of halogens is 1. The molecule has 1 aromatic rings. The summed E-state index contributed by atoms with van der Waals surface area (Å²) in [4.78, 5) is 0. The molecule has 0 saturated heterocycles. The van der Waals surface area contributed by atoms with Crippen LogP contribution in [0.2, 0.25) is 0 Å². The maximum Gasteiger partial charge on any atom is 0.124 e. The highest BCUT2D eigenvalue weighted by molar-refractivity contribution is 9.10. The lowest BCUT2D eigenvalue weighted by Gasteiger charge is -2.17. The van der Waals surface area contributed by atoms with E-state index in [4.69, 9.17) is 4.74 Å². The number of thioether (sulfide) groups is 1. The van der Waals surface area contributed by atoms with Gasteiger partial charge in [0.1, 0.15) is 5.75 Å². The van der Waals surface area contributed by atoms with Crippen LogP contribution in [0, 0.1) is 0 Å². The highest BCUT2D eigenvalue weighted by atomic mass is 79.9. The molecule has 2 nitrogen and oxygen atoms in total. The van der Waals surface area contributed by atoms with E-state index < -0.39 is 0 Å². The normalized spacial score (nSPS) is 12.4. The second kappa shape index (κ2) is 8.83. The molecule has 0 spiro atoms. The molecule has 0 aliphatic rings. The van der Waals surface area contributed by atoms with E-state index in [1.165, 1.54) is 17.1 Å². The number of hydrogen-bond acceptors (Lipinski definition) is 3. The average molecular weight is 332 g/mol. The van der Waals surface area contributed by atoms with Gasteiger partial charge in [0.15, 0.2) is 0 Å². The highest BCUT2D eigenvalue weighted by Gasteiger charge is 2.10. The molecule has 0 fully saturated rings. The number of benzene rings is 1. The van der Waals surface area contributed by atoms with Gasteiger partial charge < -0.3 is 10.1 Å². The molecule has 0 radical (unpaired) electrons. The minimum atomic E-state index is 0.294. The minimum Gasteiger partial charge on any atom is -0.493 e. The van der Waals surface area contributed by atoms with Crippen molar-refractivity contribution < 1.29 is 4.74 Å². The Morgan fingerprint density at radius 2 is 2.22 bits per heavy atom. The third-order valence-electron chi connectivity index (χ3n) is 2.77. The molecule has 102 valence electrons. The van der Waals surface area contributed by atoms with Crippen LogP contribution >= 0.6 is 27.7 Å². The number of hydrogen-bond donors (Lipinski definition) is 1. The molecule has 0 aromatic heterocycles. The summed E-state index contributed by atoms with van der Waals surface area (Å²) in [5.74, 6) is 3.34. The van der Waals surface area contributed by atoms with Gasteiger partial charge in [-0.25, -0.2) is 0 Å². The van der Waals surface area contributed by atoms with Gasteiger partial charge in [-0.15, -0.1) is 0 Å². The zero-order valence-corrected chi connectivity index (χ0v) is 13.7. The molecule has 1 unspecified atom stereocenters. The molecule has 0 aliphatic carbocycles. The van der Waals surface area contributed by atoms with Gasteiger partial charge in [-0.3, -0.25) is 0 Å². The first-order chi connectivity index (χ1) is 8.69. The standard InChI is InChI=1S/C14H22BrNOS/c1-4-18-9-5-8-17-14-7-6-12(15)10-13(14)11(2)16-3/h6-7,10-11,16H,4-5,8-9H2,1-3H3. The lowest BCUT2D eigenvalue weighted by atomic mass is 10.1. The van der Waals surface area contributed by atoms with E-state index in [9.17, 15) is 0 Å². The molecule has 0 bridgehead atoms. The Hall–Kier alpha value is -0.190. The number of nitrogens with one attached hydrogen (secondary N) is 1. The van der Waals surface area contributed by atoms with Crippen molar-refractivity contribution in [2.45, 2.75) is 26.3 Å². The average Bonchev–Trinajstić information content (AvgIpc) is 2.39. The van der Waals surface area contributed by atoms with Gasteiger partial charge in [-0.1, -0.05) is 22.9 Å². The quantitative estimate of drug-likeness (QED) is 0.719. The van der Waals surface area contributed by atoms with Gasteiger partial charge in [0, 0.05) is 16.1 Å². The van der Waals surface area contributed by atoms with Gasteiger partial charge in [-0.05, 0) is 50.1 Å². The van der Waals surface area contributed by atoms with E-state index in [0.717, 1.165) is 23.2 Å². The van der Waals surface area contributed by atoms with E-state index in [2.05, 4.69) is 41.2 Å². The molecular weight excluding hydrogens is 310 g/mol. The van der Waals surface area contributed by atoms with E-state index in [1.807, 2.05) is 30.9 Å². The minimum absolute atomic E-state index is 0.294. The molecule has 0 saturated carbocycles. The summed E-state index contributed by atoms with van der Waals surface area (Å²) in [7, 11) is 1.97. The molecule has 0 heterocycles. The first-order valence-corrected chi connectivity index (χ1v) is 8.31. The van der Waals surface area contributed by atoms with Crippen molar-refractivity contribution in [1.82, 2.24) is 5.32 Å². The van der Waals surface area contributed by atoms with Crippen molar-refractivity contribution in [3.05, 3.63) is 28.2 Å². The Balaban J connectivity index is 2.58. The summed E-state index contributed by atoms with van der Waals surface area (Å²) in [5, 5.41) is 3.25. The summed E-state index contributed by atoms with van der Waals surface area (Å²) in [5.41, 5.74) is 1.20. The van der Waals surface area contributed by atoms with Crippen LogP contribution in [-0.4, -0.2) is 25.2 Å². The van der Waals surface area contributed by atoms with E-state index >= 15 is 0 Å². The summed E-state index contributed by atoms with van der Waals surface area (Å²) in [6.45, 7) is 5.12. The predicted molar refractivity (Wildman–Crippen MR) is 84.7 cm³/mol. The first-order valence-electron chi connectivity index (χ1n) is 6.36. The van der Waals surface area contributed by atoms with Crippen molar-refractivity contribution >= 4 is 27.7 Å². The molecule has 0 amide bonds. The van der Waals surface area contributed by atoms with Crippen LogP contribution in [0.5, 0.6) is 5.75 Å². The van der Waals surface area contributed by atoms with Crippen LogP contribution in [0.3, 0.4) is 0 Å². The van der Waals surface area contributed by atoms with Crippen LogP contribution < -0.4 is 10.1 Å². The monoisotopic (exact) mass is 331 g/mol. The second-order valence-electron chi connectivity index (χ2n) is 4.09. The molecule has 4 heteroatoms. The smallest absolute Gasteiger partial charge is 0.124 e. The fraction of sp³-hybridized carbons (Fsp3) is 0.571. The van der Waals surface area contributed by atoms with Crippen LogP contribution in [0.4, 0.5) is 0 Å². The Morgan fingerprint density at radius 1 is 1.44 bits per heavy atom. The third-order valence-corrected chi connectivity index (χ3v) is 4.24. The predicted octanol–water partition coefficient (Wildman–Crippen LogP) is 4.25. The Morgan fingerprint density at radius 3 is 2.89 bits per heavy atom. The molecule has 1 aromatic carbocycles. The Kier molecular flexibility index (Phi) is 7.79. The van der Waals surface area contributed by atoms with Crippen molar-refractivity contribution in [3.63, 3.8) is 0 Å². The van der Waals surface area contributed by atoms with E-state index in [-0.39, 0.29) is 0 Å². The van der Waals surface area contributed by atoms with Crippen molar-refractivity contribution in [1.29, 1.82) is 0 Å². The Labute approximate surface area is 123 Å². The zero-order chi connectivity index (χ0) is 13.4. The largest absolute Gasteiger partial charge is 0.493 e. The molecule has 1 N–H and O–H groups in total. The fourth-order valence-electron chi connectivity index (χ4n) is 1.63. The second-order valence-corrected chi connectivity index (χ2v) is 6.40. The van der Waals surface area contributed by atoms with Crippen molar-refractivity contribution in [3.8, 4) is 5.75 Å². The van der Waals surface area contributed by atoms with Gasteiger partial charge >= 0.3 is 0 Å². The first kappa shape index (κ1) is 15.9. The maximum absolute atomic E-state index is 5.89. The molecule has 18 heavy (non-hydrogen) atoms. The van der Waals surface area contributed by atoms with Crippen LogP contribution in [0.15, 0.2) is 22.7 Å². The lowest BCUT2D eigenvalue weighted by Crippen LogP contribution is -2.14. The van der Waals surface area contributed by atoms with Gasteiger partial charge in [0.25, 0.3) is 0 Å². The lowest BCUT2D eigenvalue weighted by molar-refractivity contribution is 0.312. The molecular formula is C14H22BrNOS. The maximum atomic E-state index is 5.89. The van der Waals surface area contributed by atoms with Gasteiger partial charge in [-0.2, -0.15) is 11.8 Å². The van der Waals surface area contributed by atoms with Gasteiger partial charge in [0.2, 0.25) is 0 Å². The zero-order valence-electron chi connectivity index (χ0n) is 11.3. The van der Waals surface area contributed by atoms with Crippen molar-refractivity contribution in [2.75, 3.05) is 25.2 Å². The molecule has 1 rings (SSSR count). The summed E-state index contributed by atoms with van der Waals surface area (Å²) < 4.78 is 6.98. The van der Waals surface area contributed by atoms with Crippen LogP contribution in [-0.2, 0) is 0 Å². The molecule has 1 atom stereocenters. The summed E-state index contributed by atoms with van der Waals surface area (Å²) >= 11 is 5.47. The summed E-state index contributed by atoms with van der Waals surface area (Å²) in [6, 6.07) is 6.49. The highest BCUT2D eigenvalue weighted by Crippen LogP contribution is 2.28. The third kappa shape index (κ3) is 5.21. The summed E-state index contributed by atoms with van der Waals surface area (Å²) in [6.07, 6.45) is 1.10. The van der Waals surface area contributed by atoms with Gasteiger partial charge in [0.05, 0.1) is 6.61 Å². The van der Waals surface area contributed by atoms with Crippen LogP contribution in [0.25, 0.3) is 0 Å². The number of rotatable bonds is 8. The topological polar surface area (TPSA) is 21.3 Å². The number of ether oxygens (including phenoxy) is 1. The fourth-order valence-corrected chi connectivity index (χ4v) is 2.62. The SMILES string of the molecule is CCSCCCOc1ccc(Br)cc1C(C)NC. The Bertz CT molecular complexity index is 360. The van der Waals surface area contributed by atoms with E-state index in [1.54, 1.807) is 0 Å². The molecule has 0 aliphatic heterocycles. The van der Waals surface area contributed by atoms with Crippen molar-refractivity contribution in [2.24, 2.45) is 0 Å².